The molecule has 0 bridgehead atoms. The first-order valence-electron chi connectivity index (χ1n) is 21.6. The number of nitrogens with one attached hydrogen (secondary N) is 4. The van der Waals surface area contributed by atoms with Crippen LogP contribution in [0.4, 0.5) is 20.2 Å². The molecular formula is C45H46F2N10O8S. The van der Waals surface area contributed by atoms with E-state index in [0.29, 0.717) is 79.0 Å². The number of rotatable bonds is 13. The van der Waals surface area contributed by atoms with E-state index < -0.39 is 68.9 Å². The molecule has 1 aliphatic carbocycles. The molecule has 6 heterocycles. The minimum Gasteiger partial charge on any atom is -0.382 e. The fourth-order valence-corrected chi connectivity index (χ4v) is 9.89. The van der Waals surface area contributed by atoms with Crippen LogP contribution in [0.15, 0.2) is 67.1 Å². The van der Waals surface area contributed by atoms with Gasteiger partial charge in [-0.3, -0.25) is 48.8 Å². The lowest BCUT2D eigenvalue weighted by Gasteiger charge is -2.41. The molecule has 2 atom stereocenters. The molecule has 9 rings (SSSR count). The maximum absolute atomic E-state index is 15.6. The number of aromatic nitrogens is 3. The number of benzene rings is 2. The average Bonchev–Trinajstić information content (AvgIpc) is 3.83. The second-order valence-electron chi connectivity index (χ2n) is 16.9. The minimum absolute atomic E-state index is 0.0605. The third kappa shape index (κ3) is 8.26. The summed E-state index contributed by atoms with van der Waals surface area (Å²) in [6, 6.07) is 11.2. The fraction of sp³-hybridized carbons (Fsp3) is 0.356. The zero-order valence-corrected chi connectivity index (χ0v) is 36.7. The van der Waals surface area contributed by atoms with E-state index in [1.165, 1.54) is 13.2 Å². The monoisotopic (exact) mass is 924 g/mol. The number of hydrogen-bond donors (Lipinski definition) is 5. The summed E-state index contributed by atoms with van der Waals surface area (Å²) in [6.07, 6.45) is 4.58. The molecule has 5 aromatic rings. The first-order valence-corrected chi connectivity index (χ1v) is 23.0. The van der Waals surface area contributed by atoms with Crippen molar-refractivity contribution in [2.24, 2.45) is 5.92 Å². The number of imide groups is 1. The predicted molar refractivity (Wildman–Crippen MR) is 236 cm³/mol. The zero-order valence-electron chi connectivity index (χ0n) is 35.9. The van der Waals surface area contributed by atoms with Crippen molar-refractivity contribution in [3.63, 3.8) is 0 Å². The highest BCUT2D eigenvalue weighted by Crippen LogP contribution is 2.41. The lowest BCUT2D eigenvalue weighted by Crippen LogP contribution is -2.53. The summed E-state index contributed by atoms with van der Waals surface area (Å²) >= 11 is 0. The molecule has 3 fully saturated rings. The van der Waals surface area contributed by atoms with E-state index in [2.05, 4.69) is 35.2 Å². The second-order valence-corrected chi connectivity index (χ2v) is 18.7. The number of anilines is 2. The number of aromatic amines is 1. The van der Waals surface area contributed by atoms with Crippen LogP contribution >= 0.6 is 0 Å². The standard InChI is InChI=1S/C45H46F2N10O8S/c1-3-54(2)66(64,65)53-34-10-9-32(46)38(39(34)47)40(59)31-22-50-41-30(31)19-26(21-49-41)24-7-8-27(48-20-24)23-55-13-15-56(16-14-55)43(61)25-17-28(18-25)51-33-6-4-5-29-37(33)45(63)57(44(29)62)35-11-12-36(58)52-42(35)60/h4-10,19-22,25,28,35,44,51,53,62H,3,11-18,23H2,1-2H3,(H,49,50)(H,52,58,60). The SMILES string of the molecule is CCN(C)S(=O)(=O)Nc1ccc(F)c(C(=O)c2c[nH]c3ncc(-c4ccc(CN5CCN(C(=O)C6CC(Nc7cccc8c7C(=O)N(C7CCC(=O)NC7=O)C8O)C6)CC5)nc4)cc23)c1F. The maximum Gasteiger partial charge on any atom is 0.301 e. The average molecular weight is 925 g/mol. The van der Waals surface area contributed by atoms with Crippen molar-refractivity contribution in [3.05, 3.63) is 107 Å². The molecule has 0 spiro atoms. The van der Waals surface area contributed by atoms with Crippen LogP contribution in [0.1, 0.15) is 76.4 Å². The first kappa shape index (κ1) is 44.5. The lowest BCUT2D eigenvalue weighted by molar-refractivity contribution is -0.141. The molecule has 4 aliphatic rings. The number of aliphatic hydroxyl groups excluding tert-OH is 1. The summed E-state index contributed by atoms with van der Waals surface area (Å²) in [7, 11) is -2.87. The van der Waals surface area contributed by atoms with E-state index in [1.807, 2.05) is 17.0 Å². The van der Waals surface area contributed by atoms with Gasteiger partial charge in [-0.15, -0.1) is 0 Å². The van der Waals surface area contributed by atoms with Crippen LogP contribution in [0.25, 0.3) is 22.2 Å². The van der Waals surface area contributed by atoms with Crippen LogP contribution in [-0.2, 0) is 31.1 Å². The Labute approximate surface area is 377 Å². The third-order valence-electron chi connectivity index (χ3n) is 12.9. The summed E-state index contributed by atoms with van der Waals surface area (Å²) in [5.74, 6) is -5.12. The van der Waals surface area contributed by atoms with Crippen molar-refractivity contribution in [2.75, 3.05) is 49.8 Å². The molecule has 4 amide bonds. The number of fused-ring (bicyclic) bond motifs is 2. The Kier molecular flexibility index (Phi) is 11.9. The van der Waals surface area contributed by atoms with Gasteiger partial charge in [-0.1, -0.05) is 25.1 Å². The normalized spacial score (nSPS) is 21.2. The van der Waals surface area contributed by atoms with Gasteiger partial charge in [0.25, 0.3) is 5.91 Å². The Balaban J connectivity index is 0.780. The van der Waals surface area contributed by atoms with E-state index in [4.69, 9.17) is 0 Å². The van der Waals surface area contributed by atoms with E-state index in [0.717, 1.165) is 27.0 Å². The van der Waals surface area contributed by atoms with Crippen molar-refractivity contribution in [1.82, 2.24) is 39.3 Å². The number of nitrogens with zero attached hydrogens (tertiary/aromatic N) is 6. The number of H-pyrrole nitrogens is 1. The molecular weight excluding hydrogens is 879 g/mol. The summed E-state index contributed by atoms with van der Waals surface area (Å²) in [6.45, 7) is 4.61. The van der Waals surface area contributed by atoms with Crippen molar-refractivity contribution in [1.29, 1.82) is 0 Å². The topological polar surface area (TPSA) is 230 Å². The summed E-state index contributed by atoms with van der Waals surface area (Å²) in [4.78, 5) is 82.1. The second kappa shape index (κ2) is 17.6. The van der Waals surface area contributed by atoms with E-state index in [-0.39, 0.29) is 48.4 Å². The van der Waals surface area contributed by atoms with Gasteiger partial charge in [0.1, 0.15) is 17.5 Å². The molecule has 21 heteroatoms. The van der Waals surface area contributed by atoms with Gasteiger partial charge in [0.15, 0.2) is 12.0 Å². The Bertz CT molecular complexity index is 2900. The van der Waals surface area contributed by atoms with Crippen molar-refractivity contribution >= 4 is 62.0 Å². The van der Waals surface area contributed by atoms with Crippen LogP contribution in [-0.4, -0.2) is 129 Å². The highest BCUT2D eigenvalue weighted by Gasteiger charge is 2.46. The molecule has 2 unspecified atom stereocenters. The molecule has 3 aromatic heterocycles. The van der Waals surface area contributed by atoms with Gasteiger partial charge in [-0.25, -0.2) is 13.8 Å². The number of carbonyl (C=O) groups excluding carboxylic acids is 5. The third-order valence-corrected chi connectivity index (χ3v) is 14.5. The predicted octanol–water partition coefficient (Wildman–Crippen LogP) is 3.53. The molecule has 344 valence electrons. The molecule has 2 aromatic carbocycles. The summed E-state index contributed by atoms with van der Waals surface area (Å²) in [5, 5.41) is 17.0. The Morgan fingerprint density at radius 2 is 1.73 bits per heavy atom. The highest BCUT2D eigenvalue weighted by molar-refractivity contribution is 7.90. The molecule has 66 heavy (non-hydrogen) atoms. The van der Waals surface area contributed by atoms with Gasteiger partial charge < -0.3 is 20.3 Å². The number of piperidine rings is 1. The van der Waals surface area contributed by atoms with E-state index in [9.17, 15) is 37.5 Å². The largest absolute Gasteiger partial charge is 0.382 e. The number of aliphatic hydroxyl groups is 1. The fourth-order valence-electron chi connectivity index (χ4n) is 8.96. The van der Waals surface area contributed by atoms with E-state index >= 15 is 8.78 Å². The quantitative estimate of drug-likeness (QED) is 0.0844. The number of carbonyl (C=O) groups is 5. The van der Waals surface area contributed by atoms with Crippen LogP contribution < -0.4 is 15.4 Å². The number of pyridine rings is 2. The van der Waals surface area contributed by atoms with E-state index in [1.54, 1.807) is 43.6 Å². The Morgan fingerprint density at radius 1 is 0.970 bits per heavy atom. The molecule has 0 radical (unpaired) electrons. The van der Waals surface area contributed by atoms with Gasteiger partial charge in [0.05, 0.1) is 22.5 Å². The van der Waals surface area contributed by atoms with Gasteiger partial charge in [-0.2, -0.15) is 12.7 Å². The number of hydrogen-bond acceptors (Lipinski definition) is 12. The van der Waals surface area contributed by atoms with Crippen LogP contribution in [0.2, 0.25) is 0 Å². The van der Waals surface area contributed by atoms with Crippen molar-refractivity contribution in [2.45, 2.75) is 57.5 Å². The zero-order chi connectivity index (χ0) is 46.6. The smallest absolute Gasteiger partial charge is 0.301 e. The highest BCUT2D eigenvalue weighted by atomic mass is 32.2. The molecule has 3 aliphatic heterocycles. The van der Waals surface area contributed by atoms with Crippen LogP contribution in [0.5, 0.6) is 0 Å². The van der Waals surface area contributed by atoms with Gasteiger partial charge >= 0.3 is 10.2 Å². The number of amides is 4. The van der Waals surface area contributed by atoms with Gasteiger partial charge in [0.2, 0.25) is 23.5 Å². The summed E-state index contributed by atoms with van der Waals surface area (Å²) in [5.41, 5.74) is 2.02. The van der Waals surface area contributed by atoms with Crippen LogP contribution in [0, 0.1) is 17.6 Å². The lowest BCUT2D eigenvalue weighted by atomic mass is 9.79. The Hall–Kier alpha value is -6.68. The van der Waals surface area contributed by atoms with Crippen LogP contribution in [0.3, 0.4) is 0 Å². The van der Waals surface area contributed by atoms with Crippen molar-refractivity contribution in [3.8, 4) is 11.1 Å². The maximum atomic E-state index is 15.6. The molecule has 18 nitrogen and oxygen atoms in total. The minimum atomic E-state index is -4.16. The number of piperazine rings is 1. The number of ketones is 1. The molecule has 1 saturated carbocycles. The van der Waals surface area contributed by atoms with Crippen molar-refractivity contribution < 1.29 is 46.3 Å². The molecule has 5 N–H and O–H groups in total. The van der Waals surface area contributed by atoms with Gasteiger partial charge in [0, 0.05) is 117 Å². The Morgan fingerprint density at radius 3 is 2.44 bits per heavy atom. The van der Waals surface area contributed by atoms with Gasteiger partial charge in [-0.05, 0) is 49.6 Å². The first-order chi connectivity index (χ1) is 31.6. The number of halogens is 2. The molecule has 2 saturated heterocycles. The summed E-state index contributed by atoms with van der Waals surface area (Å²) < 4.78 is 58.8.